The molecule has 1 aromatic carbocycles. The fraction of sp³-hybridized carbons (Fsp3) is 0.538. The maximum absolute atomic E-state index is 12.8. The lowest BCUT2D eigenvalue weighted by Gasteiger charge is -2.33. The van der Waals surface area contributed by atoms with Gasteiger partial charge < -0.3 is 4.74 Å². The van der Waals surface area contributed by atoms with Crippen LogP contribution in [0.25, 0.3) is 0 Å². The number of rotatable bonds is 6. The van der Waals surface area contributed by atoms with Gasteiger partial charge in [-0.3, -0.25) is 11.3 Å². The molecule has 0 bridgehead atoms. The molecule has 0 fully saturated rings. The molecule has 1 atom stereocenters. The summed E-state index contributed by atoms with van der Waals surface area (Å²) in [4.78, 5) is 0. The van der Waals surface area contributed by atoms with E-state index < -0.39 is 0 Å². The highest BCUT2D eigenvalue weighted by Gasteiger charge is 2.29. The first-order chi connectivity index (χ1) is 7.99. The Bertz CT molecular complexity index is 338. The zero-order valence-electron chi connectivity index (χ0n) is 10.7. The van der Waals surface area contributed by atoms with Crippen molar-refractivity contribution < 1.29 is 9.13 Å². The minimum Gasteiger partial charge on any atom is -0.374 e. The summed E-state index contributed by atoms with van der Waals surface area (Å²) in [6, 6.07) is 6.42. The van der Waals surface area contributed by atoms with Crippen LogP contribution < -0.4 is 11.3 Å². The zero-order chi connectivity index (χ0) is 12.9. The predicted molar refractivity (Wildman–Crippen MR) is 66.9 cm³/mol. The molecule has 1 unspecified atom stereocenters. The summed E-state index contributed by atoms with van der Waals surface area (Å²) in [5.74, 6) is 5.34. The molecule has 0 saturated carbocycles. The molecule has 0 aliphatic rings. The first kappa shape index (κ1) is 14.1. The highest BCUT2D eigenvalue weighted by atomic mass is 19.1. The van der Waals surface area contributed by atoms with E-state index in [1.54, 1.807) is 12.1 Å². The number of hydrazine groups is 1. The van der Waals surface area contributed by atoms with Crippen LogP contribution in [0.4, 0.5) is 4.39 Å². The molecule has 0 radical (unpaired) electrons. The van der Waals surface area contributed by atoms with Crippen LogP contribution in [0.15, 0.2) is 24.3 Å². The highest BCUT2D eigenvalue weighted by Crippen LogP contribution is 2.18. The van der Waals surface area contributed by atoms with Gasteiger partial charge in [-0.15, -0.1) is 0 Å². The molecule has 4 heteroatoms. The Labute approximate surface area is 102 Å². The molecule has 0 heterocycles. The molecule has 3 N–H and O–H groups in total. The third kappa shape index (κ3) is 4.07. The molecule has 1 aromatic rings. The monoisotopic (exact) mass is 240 g/mol. The Balaban J connectivity index is 2.72. The standard InChI is InChI=1S/C13H21FN2O/c1-4-17-13(2,3)12(16-15)9-10-5-7-11(14)8-6-10/h5-8,12,16H,4,9,15H2,1-3H3. The molecule has 1 rings (SSSR count). The van der Waals surface area contributed by atoms with Crippen molar-refractivity contribution >= 4 is 0 Å². The molecule has 0 amide bonds. The number of halogens is 1. The molecular formula is C13H21FN2O. The van der Waals surface area contributed by atoms with Crippen molar-refractivity contribution in [3.63, 3.8) is 0 Å². The largest absolute Gasteiger partial charge is 0.374 e. The molecule has 0 aliphatic carbocycles. The second kappa shape index (κ2) is 6.10. The Morgan fingerprint density at radius 3 is 2.41 bits per heavy atom. The van der Waals surface area contributed by atoms with Crippen molar-refractivity contribution in [1.82, 2.24) is 5.43 Å². The summed E-state index contributed by atoms with van der Waals surface area (Å²) in [5, 5.41) is 0. The van der Waals surface area contributed by atoms with E-state index in [9.17, 15) is 4.39 Å². The van der Waals surface area contributed by atoms with Gasteiger partial charge in [-0.2, -0.15) is 0 Å². The lowest BCUT2D eigenvalue weighted by atomic mass is 9.92. The van der Waals surface area contributed by atoms with Crippen molar-refractivity contribution in [2.75, 3.05) is 6.61 Å². The minimum atomic E-state index is -0.363. The van der Waals surface area contributed by atoms with Crippen LogP contribution in [0.3, 0.4) is 0 Å². The fourth-order valence-electron chi connectivity index (χ4n) is 1.83. The molecule has 17 heavy (non-hydrogen) atoms. The van der Waals surface area contributed by atoms with Gasteiger partial charge in [0.1, 0.15) is 5.82 Å². The molecule has 3 nitrogen and oxygen atoms in total. The Morgan fingerprint density at radius 2 is 1.94 bits per heavy atom. The number of hydrogen-bond acceptors (Lipinski definition) is 3. The van der Waals surface area contributed by atoms with E-state index in [1.165, 1.54) is 12.1 Å². The average molecular weight is 240 g/mol. The third-order valence-corrected chi connectivity index (χ3v) is 2.91. The summed E-state index contributed by atoms with van der Waals surface area (Å²) in [6.07, 6.45) is 0.698. The lowest BCUT2D eigenvalue weighted by molar-refractivity contribution is -0.0380. The second-order valence-corrected chi connectivity index (χ2v) is 4.59. The van der Waals surface area contributed by atoms with Gasteiger partial charge in [0.25, 0.3) is 0 Å². The van der Waals surface area contributed by atoms with Crippen molar-refractivity contribution in [1.29, 1.82) is 0 Å². The average Bonchev–Trinajstić information content (AvgIpc) is 2.28. The Kier molecular flexibility index (Phi) is 5.05. The fourth-order valence-corrected chi connectivity index (χ4v) is 1.83. The second-order valence-electron chi connectivity index (χ2n) is 4.59. The molecule has 0 aromatic heterocycles. The van der Waals surface area contributed by atoms with E-state index in [1.807, 2.05) is 20.8 Å². The minimum absolute atomic E-state index is 0.0205. The van der Waals surface area contributed by atoms with E-state index in [2.05, 4.69) is 5.43 Å². The quantitative estimate of drug-likeness (QED) is 0.590. The van der Waals surface area contributed by atoms with E-state index >= 15 is 0 Å². The molecular weight excluding hydrogens is 219 g/mol. The van der Waals surface area contributed by atoms with Crippen molar-refractivity contribution in [3.8, 4) is 0 Å². The van der Waals surface area contributed by atoms with Gasteiger partial charge in [0.05, 0.1) is 11.6 Å². The summed E-state index contributed by atoms with van der Waals surface area (Å²) in [7, 11) is 0. The van der Waals surface area contributed by atoms with Crippen LogP contribution in [0.1, 0.15) is 26.3 Å². The van der Waals surface area contributed by atoms with Crippen LogP contribution in [0.2, 0.25) is 0 Å². The number of nitrogens with one attached hydrogen (secondary N) is 1. The summed E-state index contributed by atoms with van der Waals surface area (Å²) < 4.78 is 18.5. The van der Waals surface area contributed by atoms with Gasteiger partial charge >= 0.3 is 0 Å². The third-order valence-electron chi connectivity index (χ3n) is 2.91. The number of ether oxygens (including phenoxy) is 1. The topological polar surface area (TPSA) is 47.3 Å². The summed E-state index contributed by atoms with van der Waals surface area (Å²) >= 11 is 0. The van der Waals surface area contributed by atoms with Crippen LogP contribution in [-0.4, -0.2) is 18.2 Å². The normalized spacial score (nSPS) is 13.7. The highest BCUT2D eigenvalue weighted by molar-refractivity contribution is 5.18. The van der Waals surface area contributed by atoms with Crippen LogP contribution in [-0.2, 0) is 11.2 Å². The van der Waals surface area contributed by atoms with Gasteiger partial charge in [-0.05, 0) is 44.9 Å². The lowest BCUT2D eigenvalue weighted by Crippen LogP contribution is -2.52. The van der Waals surface area contributed by atoms with Gasteiger partial charge in [0.2, 0.25) is 0 Å². The van der Waals surface area contributed by atoms with Crippen molar-refractivity contribution in [2.24, 2.45) is 5.84 Å². The van der Waals surface area contributed by atoms with E-state index in [0.717, 1.165) is 5.56 Å². The molecule has 0 saturated heterocycles. The van der Waals surface area contributed by atoms with Gasteiger partial charge in [-0.1, -0.05) is 12.1 Å². The van der Waals surface area contributed by atoms with E-state index in [0.29, 0.717) is 13.0 Å². The van der Waals surface area contributed by atoms with E-state index in [4.69, 9.17) is 10.6 Å². The number of benzene rings is 1. The van der Waals surface area contributed by atoms with Gasteiger partial charge in [-0.25, -0.2) is 4.39 Å². The Morgan fingerprint density at radius 1 is 1.35 bits per heavy atom. The van der Waals surface area contributed by atoms with Crippen molar-refractivity contribution in [3.05, 3.63) is 35.6 Å². The van der Waals surface area contributed by atoms with Gasteiger partial charge in [0, 0.05) is 6.61 Å². The predicted octanol–water partition coefficient (Wildman–Crippen LogP) is 2.02. The molecule has 96 valence electrons. The zero-order valence-corrected chi connectivity index (χ0v) is 10.7. The SMILES string of the molecule is CCOC(C)(C)C(Cc1ccc(F)cc1)NN. The molecule has 0 spiro atoms. The summed E-state index contributed by atoms with van der Waals surface area (Å²) in [5.41, 5.74) is 3.44. The number of nitrogens with two attached hydrogens (primary N) is 1. The first-order valence-corrected chi connectivity index (χ1v) is 5.84. The van der Waals surface area contributed by atoms with E-state index in [-0.39, 0.29) is 17.5 Å². The van der Waals surface area contributed by atoms with Crippen LogP contribution in [0, 0.1) is 5.82 Å². The van der Waals surface area contributed by atoms with Crippen molar-refractivity contribution in [2.45, 2.75) is 38.8 Å². The van der Waals surface area contributed by atoms with Crippen LogP contribution in [0.5, 0.6) is 0 Å². The van der Waals surface area contributed by atoms with Crippen LogP contribution >= 0.6 is 0 Å². The first-order valence-electron chi connectivity index (χ1n) is 5.84. The number of hydrogen-bond donors (Lipinski definition) is 2. The smallest absolute Gasteiger partial charge is 0.123 e. The van der Waals surface area contributed by atoms with Gasteiger partial charge in [0.15, 0.2) is 0 Å². The summed E-state index contributed by atoms with van der Waals surface area (Å²) in [6.45, 7) is 6.57. The maximum atomic E-state index is 12.8. The molecule has 0 aliphatic heterocycles. The maximum Gasteiger partial charge on any atom is 0.123 e. The Hall–Kier alpha value is -0.970.